The van der Waals surface area contributed by atoms with Crippen molar-refractivity contribution in [3.05, 3.63) is 51.4 Å². The second kappa shape index (κ2) is 9.76. The van der Waals surface area contributed by atoms with Gasteiger partial charge < -0.3 is 36.3 Å². The first kappa shape index (κ1) is 25.7. The van der Waals surface area contributed by atoms with Gasteiger partial charge in [0, 0.05) is 6.54 Å². The van der Waals surface area contributed by atoms with Crippen LogP contribution < -0.4 is 27.3 Å². The molecule has 0 amide bonds. The van der Waals surface area contributed by atoms with Crippen molar-refractivity contribution in [3.63, 3.8) is 0 Å². The lowest BCUT2D eigenvalue weighted by molar-refractivity contribution is -0.152. The lowest BCUT2D eigenvalue weighted by Gasteiger charge is -2.20. The number of hydrogen-bond acceptors (Lipinski definition) is 6. The van der Waals surface area contributed by atoms with Crippen LogP contribution in [0.5, 0.6) is 17.2 Å². The standard InChI is InChI=1S/C24H24F3NO5.ClH/c1-4-5-14-10-15-21(30)19(13-6-7-17-18(11-13)32-9-8-31-17)23(24(25,26)27)33-22(15)16(20(14)29)12-28(2)3;/h6-7,10-11,29H,4-5,8-9,12H2,1-3H3;1H/p-1. The van der Waals surface area contributed by atoms with Crippen molar-refractivity contribution in [1.29, 1.82) is 0 Å². The minimum atomic E-state index is -4.94. The van der Waals surface area contributed by atoms with Crippen LogP contribution in [0.3, 0.4) is 0 Å². The molecule has 0 spiro atoms. The fourth-order valence-electron chi connectivity index (χ4n) is 4.03. The number of aromatic hydroxyl groups is 1. The van der Waals surface area contributed by atoms with E-state index >= 15 is 0 Å². The molecule has 34 heavy (non-hydrogen) atoms. The van der Waals surface area contributed by atoms with E-state index in [-0.39, 0.29) is 59.2 Å². The molecule has 4 rings (SSSR count). The summed E-state index contributed by atoms with van der Waals surface area (Å²) < 4.78 is 58.7. The molecule has 0 radical (unpaired) electrons. The first-order valence-electron chi connectivity index (χ1n) is 10.6. The van der Waals surface area contributed by atoms with Crippen LogP contribution in [-0.4, -0.2) is 37.3 Å². The van der Waals surface area contributed by atoms with Crippen LogP contribution in [0.1, 0.15) is 30.2 Å². The van der Waals surface area contributed by atoms with Crippen molar-refractivity contribution in [3.8, 4) is 28.4 Å². The summed E-state index contributed by atoms with van der Waals surface area (Å²) >= 11 is 0. The van der Waals surface area contributed by atoms with E-state index in [0.29, 0.717) is 30.8 Å². The summed E-state index contributed by atoms with van der Waals surface area (Å²) in [5.41, 5.74) is -1.03. The number of benzene rings is 2. The molecular formula is C24H24ClF3NO5-. The number of hydrogen-bond donors (Lipinski definition) is 1. The number of ether oxygens (including phenoxy) is 2. The second-order valence-electron chi connectivity index (χ2n) is 8.22. The van der Waals surface area contributed by atoms with E-state index in [2.05, 4.69) is 0 Å². The van der Waals surface area contributed by atoms with Gasteiger partial charge in [0.05, 0.1) is 16.5 Å². The highest BCUT2D eigenvalue weighted by atomic mass is 35.5. The van der Waals surface area contributed by atoms with Crippen molar-refractivity contribution in [1.82, 2.24) is 4.90 Å². The molecule has 1 N–H and O–H groups in total. The third kappa shape index (κ3) is 4.67. The second-order valence-corrected chi connectivity index (χ2v) is 8.22. The van der Waals surface area contributed by atoms with Crippen LogP contribution >= 0.6 is 0 Å². The van der Waals surface area contributed by atoms with Crippen LogP contribution in [0.2, 0.25) is 0 Å². The summed E-state index contributed by atoms with van der Waals surface area (Å²) in [6.07, 6.45) is -3.80. The van der Waals surface area contributed by atoms with E-state index in [1.807, 2.05) is 6.92 Å². The maximum absolute atomic E-state index is 14.1. The van der Waals surface area contributed by atoms with Gasteiger partial charge in [0.2, 0.25) is 11.2 Å². The molecule has 0 saturated carbocycles. The molecule has 2 aromatic carbocycles. The average molecular weight is 499 g/mol. The first-order valence-corrected chi connectivity index (χ1v) is 10.6. The number of halogens is 4. The zero-order valence-electron chi connectivity index (χ0n) is 18.9. The van der Waals surface area contributed by atoms with Gasteiger partial charge in [0.15, 0.2) is 11.5 Å². The Bertz CT molecular complexity index is 1270. The molecule has 0 fully saturated rings. The van der Waals surface area contributed by atoms with Crippen molar-refractivity contribution in [2.45, 2.75) is 32.5 Å². The van der Waals surface area contributed by atoms with Gasteiger partial charge in [-0.3, -0.25) is 4.79 Å². The third-order valence-corrected chi connectivity index (χ3v) is 5.41. The van der Waals surface area contributed by atoms with Crippen LogP contribution in [0, 0.1) is 0 Å². The summed E-state index contributed by atoms with van der Waals surface area (Å²) in [5, 5.41) is 10.8. The number of phenolic OH excluding ortho intramolecular Hbond substituents is 1. The molecule has 1 aromatic heterocycles. The molecule has 0 bridgehead atoms. The maximum atomic E-state index is 14.1. The van der Waals surface area contributed by atoms with Gasteiger partial charge in [-0.1, -0.05) is 19.4 Å². The highest BCUT2D eigenvalue weighted by Gasteiger charge is 2.40. The number of fused-ring (bicyclic) bond motifs is 2. The summed E-state index contributed by atoms with van der Waals surface area (Å²) in [6.45, 7) is 2.59. The van der Waals surface area contributed by atoms with Gasteiger partial charge in [0.25, 0.3) is 0 Å². The largest absolute Gasteiger partial charge is 1.00 e. The SMILES string of the molecule is CCCc1cc2c(=O)c(-c3ccc4c(c3)OCCO4)c(C(F)(F)F)oc2c(CN(C)C)c1O.[Cl-]. The van der Waals surface area contributed by atoms with Crippen molar-refractivity contribution in [2.75, 3.05) is 27.3 Å². The van der Waals surface area contributed by atoms with Crippen molar-refractivity contribution < 1.29 is 44.6 Å². The predicted molar refractivity (Wildman–Crippen MR) is 117 cm³/mol. The fraction of sp³-hybridized carbons (Fsp3) is 0.375. The van der Waals surface area contributed by atoms with E-state index < -0.39 is 22.9 Å². The molecule has 10 heteroatoms. The lowest BCUT2D eigenvalue weighted by atomic mass is 9.96. The molecule has 0 saturated heterocycles. The Hall–Kier alpha value is -2.91. The van der Waals surface area contributed by atoms with Gasteiger partial charge in [-0.15, -0.1) is 0 Å². The smallest absolute Gasteiger partial charge is 0.450 e. The van der Waals surface area contributed by atoms with Crippen molar-refractivity contribution in [2.24, 2.45) is 0 Å². The minimum Gasteiger partial charge on any atom is -1.00 e. The zero-order chi connectivity index (χ0) is 23.9. The van der Waals surface area contributed by atoms with Gasteiger partial charge in [-0.2, -0.15) is 13.2 Å². The van der Waals surface area contributed by atoms with E-state index in [4.69, 9.17) is 13.9 Å². The number of rotatable bonds is 5. The van der Waals surface area contributed by atoms with E-state index in [9.17, 15) is 23.1 Å². The van der Waals surface area contributed by atoms with Crippen LogP contribution in [0.15, 0.2) is 33.5 Å². The summed E-state index contributed by atoms with van der Waals surface area (Å²) in [4.78, 5) is 15.2. The Morgan fingerprint density at radius 2 is 1.76 bits per heavy atom. The number of nitrogens with zero attached hydrogens (tertiary/aromatic N) is 1. The maximum Gasteiger partial charge on any atom is 0.450 e. The van der Waals surface area contributed by atoms with Gasteiger partial charge >= 0.3 is 6.18 Å². The van der Waals surface area contributed by atoms with Crippen LogP contribution in [0.4, 0.5) is 13.2 Å². The topological polar surface area (TPSA) is 72.1 Å². The van der Waals surface area contributed by atoms with E-state index in [0.717, 1.165) is 0 Å². The Morgan fingerprint density at radius 1 is 1.09 bits per heavy atom. The van der Waals surface area contributed by atoms with E-state index in [1.54, 1.807) is 19.0 Å². The Balaban J connectivity index is 0.00000324. The predicted octanol–water partition coefficient (Wildman–Crippen LogP) is 1.97. The lowest BCUT2D eigenvalue weighted by Crippen LogP contribution is -3.00. The molecule has 6 nitrogen and oxygen atoms in total. The molecule has 184 valence electrons. The molecule has 0 aliphatic carbocycles. The average Bonchev–Trinajstić information content (AvgIpc) is 2.76. The van der Waals surface area contributed by atoms with Gasteiger partial charge in [0.1, 0.15) is 24.5 Å². The summed E-state index contributed by atoms with van der Waals surface area (Å²) in [7, 11) is 3.42. The normalized spacial score (nSPS) is 13.3. The van der Waals surface area contributed by atoms with E-state index in [1.165, 1.54) is 24.3 Å². The molecule has 3 aromatic rings. The highest BCUT2D eigenvalue weighted by Crippen LogP contribution is 2.42. The Morgan fingerprint density at radius 3 is 2.38 bits per heavy atom. The number of alkyl halides is 3. The molecule has 1 aliphatic rings. The molecule has 0 unspecified atom stereocenters. The quantitative estimate of drug-likeness (QED) is 0.580. The Labute approximate surface area is 200 Å². The van der Waals surface area contributed by atoms with Gasteiger partial charge in [-0.05, 0) is 49.8 Å². The van der Waals surface area contributed by atoms with Crippen LogP contribution in [0.25, 0.3) is 22.1 Å². The molecule has 0 atom stereocenters. The first-order chi connectivity index (χ1) is 15.6. The highest BCUT2D eigenvalue weighted by molar-refractivity contribution is 5.88. The fourth-order valence-corrected chi connectivity index (χ4v) is 4.03. The van der Waals surface area contributed by atoms with Crippen LogP contribution in [-0.2, 0) is 19.1 Å². The molecular weight excluding hydrogens is 475 g/mol. The summed E-state index contributed by atoms with van der Waals surface area (Å²) in [6, 6.07) is 5.65. The minimum absolute atomic E-state index is 0. The molecule has 1 aliphatic heterocycles. The zero-order valence-corrected chi connectivity index (χ0v) is 19.6. The van der Waals surface area contributed by atoms with Crippen molar-refractivity contribution >= 4 is 11.0 Å². The Kier molecular flexibility index (Phi) is 7.38. The number of phenols is 1. The molecule has 2 heterocycles. The number of aryl methyl sites for hydroxylation is 1. The summed E-state index contributed by atoms with van der Waals surface area (Å²) in [5.74, 6) is -0.912. The van der Waals surface area contributed by atoms with Gasteiger partial charge in [-0.25, -0.2) is 0 Å². The monoisotopic (exact) mass is 498 g/mol. The third-order valence-electron chi connectivity index (χ3n) is 5.41.